The van der Waals surface area contributed by atoms with Crippen molar-refractivity contribution in [2.75, 3.05) is 7.11 Å². The van der Waals surface area contributed by atoms with Crippen LogP contribution in [0.4, 0.5) is 0 Å². The Hall–Kier alpha value is -3.38. The first-order chi connectivity index (χ1) is 15.2. The lowest BCUT2D eigenvalue weighted by Gasteiger charge is -2.21. The molecule has 0 saturated heterocycles. The molecule has 32 heavy (non-hydrogen) atoms. The van der Waals surface area contributed by atoms with Crippen LogP contribution in [-0.2, 0) is 10.8 Å². The van der Waals surface area contributed by atoms with Gasteiger partial charge >= 0.3 is 0 Å². The van der Waals surface area contributed by atoms with E-state index in [-0.39, 0.29) is 17.1 Å². The molecule has 1 aliphatic rings. The van der Waals surface area contributed by atoms with Crippen molar-refractivity contribution in [2.24, 2.45) is 0 Å². The average molecular weight is 449 g/mol. The van der Waals surface area contributed by atoms with Crippen molar-refractivity contribution >= 4 is 27.1 Å². The number of hydrogen-bond donors (Lipinski definition) is 1. The van der Waals surface area contributed by atoms with E-state index < -0.39 is 10.8 Å². The Labute approximate surface area is 189 Å². The Balaban J connectivity index is 1.82. The first-order valence-electron chi connectivity index (χ1n) is 10.2. The van der Waals surface area contributed by atoms with Crippen LogP contribution in [0, 0.1) is 0 Å². The van der Waals surface area contributed by atoms with Gasteiger partial charge in [-0.25, -0.2) is 4.21 Å². The third-order valence-electron chi connectivity index (χ3n) is 4.97. The fraction of sp³-hybridized carbons (Fsp3) is 0.192. The molecule has 164 valence electrons. The van der Waals surface area contributed by atoms with Crippen LogP contribution in [0.5, 0.6) is 17.2 Å². The van der Waals surface area contributed by atoms with E-state index in [1.807, 2.05) is 20.8 Å². The third kappa shape index (κ3) is 4.18. The molecule has 4 rings (SSSR count). The number of carbonyl (C=O) groups is 1. The molecule has 0 saturated carbocycles. The van der Waals surface area contributed by atoms with Crippen LogP contribution in [0.25, 0.3) is 10.5 Å². The van der Waals surface area contributed by atoms with E-state index in [4.69, 9.17) is 9.47 Å². The van der Waals surface area contributed by atoms with Crippen LogP contribution in [0.1, 0.15) is 42.3 Å². The molecule has 0 bridgehead atoms. The van der Waals surface area contributed by atoms with Crippen molar-refractivity contribution in [1.82, 2.24) is 0 Å². The number of fused-ring (bicyclic) bond motifs is 1. The summed E-state index contributed by atoms with van der Waals surface area (Å²) in [5, 5.41) is 9.94. The molecule has 1 unspecified atom stereocenters. The summed E-state index contributed by atoms with van der Waals surface area (Å²) in [5.74, 6) is 1.09. The first kappa shape index (κ1) is 21.8. The molecule has 3 aromatic rings. The number of benzene rings is 3. The topological polar surface area (TPSA) is 72.8 Å². The lowest BCUT2D eigenvalue weighted by Crippen LogP contribution is -2.22. The molecule has 1 heterocycles. The maximum Gasteiger partial charge on any atom is 0.194 e. The van der Waals surface area contributed by atoms with Gasteiger partial charge in [-0.2, -0.15) is 0 Å². The van der Waals surface area contributed by atoms with Crippen LogP contribution < -0.4 is 9.47 Å². The summed E-state index contributed by atoms with van der Waals surface area (Å²) in [5.41, 5.74) is 1.71. The highest BCUT2D eigenvalue weighted by molar-refractivity contribution is 7.95. The molecule has 0 amide bonds. The number of ketones is 1. The van der Waals surface area contributed by atoms with E-state index in [2.05, 4.69) is 0 Å². The average Bonchev–Trinajstić information content (AvgIpc) is 3.04. The Kier molecular flexibility index (Phi) is 5.65. The van der Waals surface area contributed by atoms with Gasteiger partial charge in [-0.1, -0.05) is 12.1 Å². The van der Waals surface area contributed by atoms with Gasteiger partial charge in [-0.15, -0.1) is 0 Å². The van der Waals surface area contributed by atoms with E-state index in [1.54, 1.807) is 61.7 Å². The Morgan fingerprint density at radius 2 is 1.53 bits per heavy atom. The fourth-order valence-electron chi connectivity index (χ4n) is 3.59. The second kappa shape index (κ2) is 8.28. The molecule has 1 N–H and O–H groups in total. The van der Waals surface area contributed by atoms with Gasteiger partial charge in [-0.3, -0.25) is 4.79 Å². The van der Waals surface area contributed by atoms with Gasteiger partial charge in [0, 0.05) is 16.7 Å². The highest BCUT2D eigenvalue weighted by Gasteiger charge is 2.34. The Bertz CT molecular complexity index is 1230. The number of allylic oxidation sites excluding steroid dienone is 1. The summed E-state index contributed by atoms with van der Waals surface area (Å²) < 4.78 is 24.5. The lowest BCUT2D eigenvalue weighted by atomic mass is 9.94. The normalized spacial score (nSPS) is 15.4. The number of phenolic OH excluding ortho intramolecular Hbond substituents is 1. The summed E-state index contributed by atoms with van der Waals surface area (Å²) in [6.45, 7) is 5.87. The van der Waals surface area contributed by atoms with Crippen molar-refractivity contribution in [3.63, 3.8) is 0 Å². The smallest absolute Gasteiger partial charge is 0.194 e. The number of hydrogen-bond acceptors (Lipinski definition) is 5. The van der Waals surface area contributed by atoms with Gasteiger partial charge < -0.3 is 14.6 Å². The van der Waals surface area contributed by atoms with Crippen LogP contribution >= 0.6 is 0 Å². The van der Waals surface area contributed by atoms with Gasteiger partial charge in [-0.05, 0) is 80.9 Å². The molecule has 5 nitrogen and oxygen atoms in total. The van der Waals surface area contributed by atoms with E-state index in [0.717, 1.165) is 0 Å². The van der Waals surface area contributed by atoms with E-state index in [1.165, 1.54) is 12.1 Å². The molecule has 0 fully saturated rings. The Morgan fingerprint density at radius 3 is 2.12 bits per heavy atom. The van der Waals surface area contributed by atoms with Crippen molar-refractivity contribution in [2.45, 2.75) is 31.3 Å². The molecule has 0 spiro atoms. The maximum atomic E-state index is 13.6. The molecular formula is C26H24O5S. The number of aromatic hydroxyl groups is 1. The summed E-state index contributed by atoms with van der Waals surface area (Å²) in [6, 6.07) is 18.6. The van der Waals surface area contributed by atoms with Gasteiger partial charge in [0.1, 0.15) is 22.8 Å². The van der Waals surface area contributed by atoms with E-state index >= 15 is 0 Å². The van der Waals surface area contributed by atoms with Crippen molar-refractivity contribution in [3.8, 4) is 17.2 Å². The maximum absolute atomic E-state index is 13.6. The number of ether oxygens (including phenoxy) is 2. The number of phenols is 1. The first-order valence-corrected chi connectivity index (χ1v) is 11.3. The highest BCUT2D eigenvalue weighted by atomic mass is 32.2. The monoisotopic (exact) mass is 448 g/mol. The Morgan fingerprint density at radius 1 is 0.906 bits per heavy atom. The predicted octanol–water partition coefficient (Wildman–Crippen LogP) is 5.45. The minimum atomic E-state index is -1.61. The van der Waals surface area contributed by atoms with Crippen molar-refractivity contribution in [3.05, 3.63) is 83.4 Å². The third-order valence-corrected chi connectivity index (χ3v) is 6.51. The molecule has 0 aromatic heterocycles. The SMILES string of the molecule is COc1ccc(C2=C(C(=O)c3ccc(OC(C)(C)C)cc3)c3ccc(O)cc3S2=O)cc1. The molecule has 1 aliphatic heterocycles. The van der Waals surface area contributed by atoms with Crippen LogP contribution in [0.3, 0.4) is 0 Å². The number of methoxy groups -OCH3 is 1. The highest BCUT2D eigenvalue weighted by Crippen LogP contribution is 2.44. The zero-order chi connectivity index (χ0) is 23.0. The standard InChI is InChI=1S/C26H24O5S/c1-26(2,3)31-20-12-5-16(6-13-20)24(28)23-21-14-9-18(27)15-22(21)32(29)25(23)17-7-10-19(30-4)11-8-17/h5-15,27H,1-4H3. The summed E-state index contributed by atoms with van der Waals surface area (Å²) in [6.07, 6.45) is 0. The molecule has 0 aliphatic carbocycles. The summed E-state index contributed by atoms with van der Waals surface area (Å²) in [7, 11) is -0.0423. The second-order valence-corrected chi connectivity index (χ2v) is 9.84. The molecule has 0 radical (unpaired) electrons. The summed E-state index contributed by atoms with van der Waals surface area (Å²) in [4.78, 5) is 14.5. The molecule has 6 heteroatoms. The van der Waals surface area contributed by atoms with E-state index in [0.29, 0.717) is 43.6 Å². The van der Waals surface area contributed by atoms with Crippen LogP contribution in [-0.4, -0.2) is 27.8 Å². The van der Waals surface area contributed by atoms with Crippen molar-refractivity contribution < 1.29 is 23.6 Å². The van der Waals surface area contributed by atoms with Gasteiger partial charge in [0.2, 0.25) is 0 Å². The number of carbonyl (C=O) groups excluding carboxylic acids is 1. The molecule has 3 aromatic carbocycles. The van der Waals surface area contributed by atoms with Gasteiger partial charge in [0.15, 0.2) is 5.78 Å². The van der Waals surface area contributed by atoms with Crippen molar-refractivity contribution in [1.29, 1.82) is 0 Å². The lowest BCUT2D eigenvalue weighted by molar-refractivity contribution is 0.105. The zero-order valence-corrected chi connectivity index (χ0v) is 19.2. The number of rotatable bonds is 5. The fourth-order valence-corrected chi connectivity index (χ4v) is 5.14. The van der Waals surface area contributed by atoms with Gasteiger partial charge in [0.05, 0.1) is 27.7 Å². The van der Waals surface area contributed by atoms with Crippen LogP contribution in [0.2, 0.25) is 0 Å². The predicted molar refractivity (Wildman–Crippen MR) is 125 cm³/mol. The van der Waals surface area contributed by atoms with Crippen LogP contribution in [0.15, 0.2) is 71.6 Å². The molecular weight excluding hydrogens is 424 g/mol. The summed E-state index contributed by atoms with van der Waals surface area (Å²) >= 11 is 0. The van der Waals surface area contributed by atoms with E-state index in [9.17, 15) is 14.1 Å². The molecule has 1 atom stereocenters. The number of Topliss-reactive ketones (excluding diaryl/α,β-unsaturated/α-hetero) is 1. The zero-order valence-electron chi connectivity index (χ0n) is 18.3. The minimum absolute atomic E-state index is 0.00330. The largest absolute Gasteiger partial charge is 0.508 e. The van der Waals surface area contributed by atoms with Gasteiger partial charge in [0.25, 0.3) is 0 Å². The quantitative estimate of drug-likeness (QED) is 0.526. The minimum Gasteiger partial charge on any atom is -0.508 e. The second-order valence-electron chi connectivity index (χ2n) is 8.45.